The van der Waals surface area contributed by atoms with Crippen LogP contribution >= 0.6 is 0 Å². The summed E-state index contributed by atoms with van der Waals surface area (Å²) in [6.07, 6.45) is 2.10. The highest BCUT2D eigenvalue weighted by Crippen LogP contribution is 2.10. The van der Waals surface area contributed by atoms with Gasteiger partial charge in [-0.25, -0.2) is 0 Å². The third-order valence-electron chi connectivity index (χ3n) is 4.38. The number of nitrogens with zero attached hydrogens (tertiary/aromatic N) is 3. The van der Waals surface area contributed by atoms with Crippen molar-refractivity contribution in [1.29, 1.82) is 0 Å². The van der Waals surface area contributed by atoms with Crippen molar-refractivity contribution >= 4 is 5.91 Å². The monoisotopic (exact) mass is 282 g/mol. The summed E-state index contributed by atoms with van der Waals surface area (Å²) in [5.41, 5.74) is 0. The predicted molar refractivity (Wildman–Crippen MR) is 81.8 cm³/mol. The molecule has 0 radical (unpaired) electrons. The third-order valence-corrected chi connectivity index (χ3v) is 4.38. The number of carbonyl (C=O) groups excluding carboxylic acids is 1. The van der Waals surface area contributed by atoms with Crippen molar-refractivity contribution in [2.45, 2.75) is 32.7 Å². The molecule has 0 aromatic heterocycles. The van der Waals surface area contributed by atoms with Gasteiger partial charge in [-0.1, -0.05) is 13.8 Å². The molecule has 2 heterocycles. The van der Waals surface area contributed by atoms with Crippen molar-refractivity contribution in [2.24, 2.45) is 0 Å². The second kappa shape index (κ2) is 7.96. The lowest BCUT2D eigenvalue weighted by Crippen LogP contribution is -2.62. The van der Waals surface area contributed by atoms with Crippen molar-refractivity contribution in [3.63, 3.8) is 0 Å². The van der Waals surface area contributed by atoms with E-state index in [9.17, 15) is 4.79 Å². The van der Waals surface area contributed by atoms with Crippen molar-refractivity contribution in [3.8, 4) is 0 Å². The van der Waals surface area contributed by atoms with Gasteiger partial charge in [-0.3, -0.25) is 14.6 Å². The van der Waals surface area contributed by atoms with Gasteiger partial charge in [0.1, 0.15) is 0 Å². The molecule has 20 heavy (non-hydrogen) atoms. The lowest BCUT2D eigenvalue weighted by Gasteiger charge is -2.43. The average Bonchev–Trinajstić information content (AvgIpc) is 2.38. The lowest BCUT2D eigenvalue weighted by molar-refractivity contribution is -0.133. The predicted octanol–water partition coefficient (Wildman–Crippen LogP) is 0.224. The van der Waals surface area contributed by atoms with Crippen LogP contribution in [0.25, 0.3) is 0 Å². The highest BCUT2D eigenvalue weighted by molar-refractivity contribution is 5.78. The fraction of sp³-hybridized carbons (Fsp3) is 0.933. The Labute approximate surface area is 123 Å². The maximum atomic E-state index is 12.3. The summed E-state index contributed by atoms with van der Waals surface area (Å²) in [4.78, 5) is 19.3. The number of carbonyl (C=O) groups is 1. The van der Waals surface area contributed by atoms with Crippen LogP contribution in [0.4, 0.5) is 0 Å². The molecule has 0 aromatic carbocycles. The smallest absolute Gasteiger partial charge is 0.236 e. The van der Waals surface area contributed by atoms with Gasteiger partial charge < -0.3 is 10.2 Å². The van der Waals surface area contributed by atoms with E-state index in [2.05, 4.69) is 29.0 Å². The highest BCUT2D eigenvalue weighted by Gasteiger charge is 2.28. The maximum absolute atomic E-state index is 12.3. The molecule has 0 aliphatic carbocycles. The Morgan fingerprint density at radius 3 is 2.15 bits per heavy atom. The summed E-state index contributed by atoms with van der Waals surface area (Å²) in [5.74, 6) is 0.312. The molecule has 5 nitrogen and oxygen atoms in total. The van der Waals surface area contributed by atoms with Crippen molar-refractivity contribution < 1.29 is 4.79 Å². The SMILES string of the molecule is CCCN(CCC)C(=O)CN1CCN(C2CNC2)CC1. The number of nitrogens with one attached hydrogen (secondary N) is 1. The van der Waals surface area contributed by atoms with Crippen LogP contribution in [0, 0.1) is 0 Å². The zero-order valence-electron chi connectivity index (χ0n) is 13.1. The zero-order chi connectivity index (χ0) is 14.4. The van der Waals surface area contributed by atoms with Gasteiger partial charge >= 0.3 is 0 Å². The van der Waals surface area contributed by atoms with Crippen LogP contribution in [0.15, 0.2) is 0 Å². The molecule has 0 bridgehead atoms. The Morgan fingerprint density at radius 1 is 1.10 bits per heavy atom. The molecule has 116 valence electrons. The molecule has 2 fully saturated rings. The van der Waals surface area contributed by atoms with E-state index in [1.807, 2.05) is 4.90 Å². The molecule has 1 amide bonds. The molecule has 2 rings (SSSR count). The average molecular weight is 282 g/mol. The molecule has 0 aromatic rings. The van der Waals surface area contributed by atoms with E-state index in [0.29, 0.717) is 12.5 Å². The molecule has 0 unspecified atom stereocenters. The van der Waals surface area contributed by atoms with E-state index in [1.54, 1.807) is 0 Å². The Morgan fingerprint density at radius 2 is 1.70 bits per heavy atom. The van der Waals surface area contributed by atoms with Crippen molar-refractivity contribution in [2.75, 3.05) is 58.9 Å². The number of hydrogen-bond acceptors (Lipinski definition) is 4. The second-order valence-electron chi connectivity index (χ2n) is 6.00. The van der Waals surface area contributed by atoms with E-state index in [-0.39, 0.29) is 0 Å². The summed E-state index contributed by atoms with van der Waals surface area (Å²) in [6.45, 7) is 13.3. The van der Waals surface area contributed by atoms with Crippen molar-refractivity contribution in [3.05, 3.63) is 0 Å². The van der Waals surface area contributed by atoms with E-state index in [1.165, 1.54) is 0 Å². The molecule has 0 atom stereocenters. The number of amides is 1. The van der Waals surface area contributed by atoms with Crippen molar-refractivity contribution in [1.82, 2.24) is 20.0 Å². The van der Waals surface area contributed by atoms with E-state index in [4.69, 9.17) is 0 Å². The largest absolute Gasteiger partial charge is 0.342 e. The van der Waals surface area contributed by atoms with Gasteiger partial charge in [0.2, 0.25) is 5.91 Å². The second-order valence-corrected chi connectivity index (χ2v) is 6.00. The molecule has 0 saturated carbocycles. The van der Waals surface area contributed by atoms with Crippen LogP contribution in [-0.2, 0) is 4.79 Å². The lowest BCUT2D eigenvalue weighted by atomic mass is 10.1. The molecule has 0 spiro atoms. The minimum absolute atomic E-state index is 0.312. The highest BCUT2D eigenvalue weighted by atomic mass is 16.2. The first-order valence-electron chi connectivity index (χ1n) is 8.19. The topological polar surface area (TPSA) is 38.8 Å². The maximum Gasteiger partial charge on any atom is 0.236 e. The van der Waals surface area contributed by atoms with Gasteiger partial charge in [0.15, 0.2) is 0 Å². The molecular weight excluding hydrogens is 252 g/mol. The Balaban J connectivity index is 1.71. The van der Waals surface area contributed by atoms with Gasteiger partial charge in [-0.2, -0.15) is 0 Å². The van der Waals surface area contributed by atoms with E-state index < -0.39 is 0 Å². The zero-order valence-corrected chi connectivity index (χ0v) is 13.1. The summed E-state index contributed by atoms with van der Waals surface area (Å²) >= 11 is 0. The van der Waals surface area contributed by atoms with Gasteiger partial charge in [0.25, 0.3) is 0 Å². The Hall–Kier alpha value is -0.650. The van der Waals surface area contributed by atoms with Crippen LogP contribution in [0.1, 0.15) is 26.7 Å². The summed E-state index contributed by atoms with van der Waals surface area (Å²) < 4.78 is 0. The Bertz CT molecular complexity index is 292. The third kappa shape index (κ3) is 4.17. The van der Waals surface area contributed by atoms with Gasteiger partial charge in [0, 0.05) is 58.4 Å². The standard InChI is InChI=1S/C15H30N4O/c1-3-5-19(6-4-2)15(20)13-17-7-9-18(10-8-17)14-11-16-12-14/h14,16H,3-13H2,1-2H3. The van der Waals surface area contributed by atoms with Gasteiger partial charge in [-0.05, 0) is 12.8 Å². The van der Waals surface area contributed by atoms with Gasteiger partial charge in [0.05, 0.1) is 6.54 Å². The molecular formula is C15H30N4O. The quantitative estimate of drug-likeness (QED) is 0.725. The first-order chi connectivity index (χ1) is 9.74. The van der Waals surface area contributed by atoms with Crippen LogP contribution in [0.5, 0.6) is 0 Å². The minimum atomic E-state index is 0.312. The first kappa shape index (κ1) is 15.7. The summed E-state index contributed by atoms with van der Waals surface area (Å²) in [5, 5.41) is 3.33. The Kier molecular flexibility index (Phi) is 6.26. The molecule has 5 heteroatoms. The van der Waals surface area contributed by atoms with Gasteiger partial charge in [-0.15, -0.1) is 0 Å². The fourth-order valence-corrected chi connectivity index (χ4v) is 3.01. The fourth-order valence-electron chi connectivity index (χ4n) is 3.01. The number of piperazine rings is 1. The molecule has 1 N–H and O–H groups in total. The van der Waals surface area contributed by atoms with Crippen LogP contribution in [0.2, 0.25) is 0 Å². The van der Waals surface area contributed by atoms with E-state index in [0.717, 1.165) is 71.2 Å². The van der Waals surface area contributed by atoms with Crippen LogP contribution in [0.3, 0.4) is 0 Å². The molecule has 2 saturated heterocycles. The van der Waals surface area contributed by atoms with Crippen LogP contribution in [-0.4, -0.2) is 85.6 Å². The number of hydrogen-bond donors (Lipinski definition) is 1. The molecule has 2 aliphatic heterocycles. The number of rotatable bonds is 7. The normalized spacial score (nSPS) is 21.7. The van der Waals surface area contributed by atoms with Crippen LogP contribution < -0.4 is 5.32 Å². The summed E-state index contributed by atoms with van der Waals surface area (Å²) in [7, 11) is 0. The molecule has 2 aliphatic rings. The minimum Gasteiger partial charge on any atom is -0.342 e. The summed E-state index contributed by atoms with van der Waals surface area (Å²) in [6, 6.07) is 0.740. The van der Waals surface area contributed by atoms with E-state index >= 15 is 0 Å². The first-order valence-corrected chi connectivity index (χ1v) is 8.19.